The number of hydrogen-bond donors (Lipinski definition) is 1. The molecule has 1 N–H and O–H groups in total. The number of carboxylic acids is 1. The second kappa shape index (κ2) is 5.91. The lowest BCUT2D eigenvalue weighted by Gasteiger charge is -1.98. The largest absolute Gasteiger partial charge is 0.478 e. The predicted octanol–water partition coefficient (Wildman–Crippen LogP) is 4.47. The maximum absolute atomic E-state index is 12.4. The average molecular weight is 330 g/mol. The average Bonchev–Trinajstić information content (AvgIpc) is 3.21. The third kappa shape index (κ3) is 2.78. The molecule has 2 aromatic carbocycles. The zero-order chi connectivity index (χ0) is 17.4. The molecule has 1 aromatic heterocycles. The van der Waals surface area contributed by atoms with Gasteiger partial charge in [0.15, 0.2) is 5.78 Å². The summed E-state index contributed by atoms with van der Waals surface area (Å²) in [6, 6.07) is 17.7. The van der Waals surface area contributed by atoms with Gasteiger partial charge >= 0.3 is 5.97 Å². The molecule has 1 aliphatic rings. The van der Waals surface area contributed by atoms with Crippen molar-refractivity contribution in [2.24, 2.45) is 0 Å². The normalized spacial score (nSPS) is 14.7. The van der Waals surface area contributed by atoms with Crippen LogP contribution < -0.4 is 0 Å². The van der Waals surface area contributed by atoms with E-state index < -0.39 is 5.97 Å². The highest BCUT2D eigenvalue weighted by atomic mass is 16.4. The maximum Gasteiger partial charge on any atom is 0.335 e. The third-order valence-corrected chi connectivity index (χ3v) is 4.29. The van der Waals surface area contributed by atoms with Crippen molar-refractivity contribution < 1.29 is 19.1 Å². The molecule has 0 radical (unpaired) electrons. The molecule has 0 bridgehead atoms. The molecule has 4 nitrogen and oxygen atoms in total. The highest BCUT2D eigenvalue weighted by molar-refractivity contribution is 6.15. The van der Waals surface area contributed by atoms with E-state index in [1.54, 1.807) is 18.2 Å². The number of fused-ring (bicyclic) bond motifs is 1. The number of carbonyl (C=O) groups is 2. The van der Waals surface area contributed by atoms with E-state index in [1.165, 1.54) is 12.1 Å². The number of carboxylic acid groups (broad SMARTS) is 1. The van der Waals surface area contributed by atoms with Gasteiger partial charge in [-0.25, -0.2) is 4.79 Å². The van der Waals surface area contributed by atoms with Crippen LogP contribution in [0.4, 0.5) is 0 Å². The highest BCUT2D eigenvalue weighted by Gasteiger charge is 2.24. The third-order valence-electron chi connectivity index (χ3n) is 4.29. The summed E-state index contributed by atoms with van der Waals surface area (Å²) in [7, 11) is 0. The van der Waals surface area contributed by atoms with Crippen molar-refractivity contribution in [3.05, 3.63) is 88.7 Å². The van der Waals surface area contributed by atoms with E-state index in [2.05, 4.69) is 0 Å². The Kier molecular flexibility index (Phi) is 3.58. The fraction of sp³-hybridized carbons (Fsp3) is 0.0476. The molecular formula is C21H14O4. The van der Waals surface area contributed by atoms with Gasteiger partial charge in [-0.3, -0.25) is 4.79 Å². The Morgan fingerprint density at radius 3 is 2.48 bits per heavy atom. The Bertz CT molecular complexity index is 1010. The standard InChI is InChI=1S/C21H14O4/c22-20-16(11-15-3-1-2-4-18(15)20)12-17-9-10-19(25-17)13-5-7-14(8-6-13)21(23)24/h1-10,12H,11H2,(H,23,24). The van der Waals surface area contributed by atoms with E-state index in [9.17, 15) is 9.59 Å². The van der Waals surface area contributed by atoms with Crippen molar-refractivity contribution in [1.82, 2.24) is 0 Å². The Balaban J connectivity index is 1.60. The zero-order valence-electron chi connectivity index (χ0n) is 13.2. The number of aromatic carboxylic acids is 1. The van der Waals surface area contributed by atoms with Crippen LogP contribution in [-0.2, 0) is 6.42 Å². The summed E-state index contributed by atoms with van der Waals surface area (Å²) < 4.78 is 5.80. The van der Waals surface area contributed by atoms with Gasteiger partial charge < -0.3 is 9.52 Å². The second-order valence-corrected chi connectivity index (χ2v) is 5.92. The molecule has 122 valence electrons. The number of benzene rings is 2. The van der Waals surface area contributed by atoms with Crippen molar-refractivity contribution in [1.29, 1.82) is 0 Å². The number of carbonyl (C=O) groups excluding carboxylic acids is 1. The van der Waals surface area contributed by atoms with Gasteiger partial charge in [-0.1, -0.05) is 36.4 Å². The summed E-state index contributed by atoms with van der Waals surface area (Å²) >= 11 is 0. The van der Waals surface area contributed by atoms with E-state index in [0.29, 0.717) is 23.5 Å². The molecule has 3 aromatic rings. The van der Waals surface area contributed by atoms with Crippen LogP contribution >= 0.6 is 0 Å². The van der Waals surface area contributed by atoms with Gasteiger partial charge in [0, 0.05) is 23.1 Å². The van der Waals surface area contributed by atoms with Gasteiger partial charge in [0.05, 0.1) is 5.56 Å². The summed E-state index contributed by atoms with van der Waals surface area (Å²) in [6.07, 6.45) is 2.38. The van der Waals surface area contributed by atoms with Crippen LogP contribution in [0.5, 0.6) is 0 Å². The molecular weight excluding hydrogens is 316 g/mol. The fourth-order valence-electron chi connectivity index (χ4n) is 3.01. The number of furan rings is 1. The van der Waals surface area contributed by atoms with Crippen molar-refractivity contribution in [3.8, 4) is 11.3 Å². The fourth-order valence-corrected chi connectivity index (χ4v) is 3.01. The van der Waals surface area contributed by atoms with Crippen molar-refractivity contribution >= 4 is 17.8 Å². The molecule has 0 fully saturated rings. The van der Waals surface area contributed by atoms with Crippen LogP contribution in [0.15, 0.2) is 70.7 Å². The molecule has 1 aliphatic carbocycles. The lowest BCUT2D eigenvalue weighted by Crippen LogP contribution is -1.94. The van der Waals surface area contributed by atoms with Gasteiger partial charge in [0.1, 0.15) is 11.5 Å². The molecule has 0 saturated heterocycles. The minimum Gasteiger partial charge on any atom is -0.478 e. The molecule has 1 heterocycles. The molecule has 0 spiro atoms. The molecule has 0 aliphatic heterocycles. The Morgan fingerprint density at radius 1 is 1.00 bits per heavy atom. The molecule has 4 heteroatoms. The summed E-state index contributed by atoms with van der Waals surface area (Å²) in [5.74, 6) is 0.315. The number of Topliss-reactive ketones (excluding diaryl/α,β-unsaturated/α-hetero) is 1. The molecule has 0 saturated carbocycles. The first-order valence-electron chi connectivity index (χ1n) is 7.88. The van der Waals surface area contributed by atoms with Crippen LogP contribution in [0.1, 0.15) is 32.0 Å². The number of allylic oxidation sites excluding steroid dienone is 1. The van der Waals surface area contributed by atoms with E-state index >= 15 is 0 Å². The smallest absolute Gasteiger partial charge is 0.335 e. The van der Waals surface area contributed by atoms with Crippen molar-refractivity contribution in [3.63, 3.8) is 0 Å². The Hall–Kier alpha value is -3.40. The maximum atomic E-state index is 12.4. The van der Waals surface area contributed by atoms with E-state index in [0.717, 1.165) is 16.7 Å². The first-order chi connectivity index (χ1) is 12.1. The molecule has 0 atom stereocenters. The van der Waals surface area contributed by atoms with Gasteiger partial charge in [-0.2, -0.15) is 0 Å². The highest BCUT2D eigenvalue weighted by Crippen LogP contribution is 2.29. The molecule has 0 amide bonds. The van der Waals surface area contributed by atoms with E-state index in [1.807, 2.05) is 36.4 Å². The number of rotatable bonds is 3. The molecule has 25 heavy (non-hydrogen) atoms. The van der Waals surface area contributed by atoms with Crippen LogP contribution in [0.25, 0.3) is 17.4 Å². The summed E-state index contributed by atoms with van der Waals surface area (Å²) in [5.41, 5.74) is 3.52. The van der Waals surface area contributed by atoms with E-state index in [-0.39, 0.29) is 11.3 Å². The first kappa shape index (κ1) is 15.1. The quantitative estimate of drug-likeness (QED) is 0.720. The second-order valence-electron chi connectivity index (χ2n) is 5.92. The topological polar surface area (TPSA) is 67.5 Å². The first-order valence-corrected chi connectivity index (χ1v) is 7.88. The minimum atomic E-state index is -0.962. The monoisotopic (exact) mass is 330 g/mol. The molecule has 4 rings (SSSR count). The van der Waals surface area contributed by atoms with Crippen LogP contribution in [0.3, 0.4) is 0 Å². The van der Waals surface area contributed by atoms with Crippen molar-refractivity contribution in [2.45, 2.75) is 6.42 Å². The molecule has 0 unspecified atom stereocenters. The van der Waals surface area contributed by atoms with E-state index in [4.69, 9.17) is 9.52 Å². The number of ketones is 1. The lowest BCUT2D eigenvalue weighted by molar-refractivity contribution is 0.0696. The van der Waals surface area contributed by atoms with Crippen molar-refractivity contribution in [2.75, 3.05) is 0 Å². The van der Waals surface area contributed by atoms with Gasteiger partial charge in [0.2, 0.25) is 0 Å². The summed E-state index contributed by atoms with van der Waals surface area (Å²) in [6.45, 7) is 0. The van der Waals surface area contributed by atoms with Gasteiger partial charge in [-0.15, -0.1) is 0 Å². The lowest BCUT2D eigenvalue weighted by atomic mass is 10.1. The Morgan fingerprint density at radius 2 is 1.76 bits per heavy atom. The SMILES string of the molecule is O=C(O)c1ccc(-c2ccc(C=C3Cc4ccccc4C3=O)o2)cc1. The minimum absolute atomic E-state index is 0.0411. The van der Waals surface area contributed by atoms with Crippen LogP contribution in [-0.4, -0.2) is 16.9 Å². The van der Waals surface area contributed by atoms with Crippen LogP contribution in [0, 0.1) is 0 Å². The van der Waals surface area contributed by atoms with Gasteiger partial charge in [-0.05, 0) is 35.9 Å². The number of hydrogen-bond acceptors (Lipinski definition) is 3. The predicted molar refractivity (Wildman–Crippen MR) is 93.6 cm³/mol. The zero-order valence-corrected chi connectivity index (χ0v) is 13.2. The summed E-state index contributed by atoms with van der Waals surface area (Å²) in [5, 5.41) is 8.95. The summed E-state index contributed by atoms with van der Waals surface area (Å²) in [4.78, 5) is 23.3. The van der Waals surface area contributed by atoms with Gasteiger partial charge in [0.25, 0.3) is 0 Å². The Labute approximate surface area is 144 Å². The van der Waals surface area contributed by atoms with Crippen LogP contribution in [0.2, 0.25) is 0 Å².